The van der Waals surface area contributed by atoms with Gasteiger partial charge in [0.25, 0.3) is 0 Å². The Hall–Kier alpha value is -1.81. The van der Waals surface area contributed by atoms with Gasteiger partial charge >= 0.3 is 5.97 Å². The minimum absolute atomic E-state index is 0.134. The maximum Gasteiger partial charge on any atom is 0.308 e. The number of aliphatic carboxylic acids is 1. The van der Waals surface area contributed by atoms with Gasteiger partial charge in [0.05, 0.1) is 5.92 Å². The summed E-state index contributed by atoms with van der Waals surface area (Å²) in [4.78, 5) is 17.2. The number of benzene rings is 1. The van der Waals surface area contributed by atoms with Crippen LogP contribution < -0.4 is 0 Å². The number of aromatic amines is 1. The fourth-order valence-corrected chi connectivity index (χ4v) is 4.07. The quantitative estimate of drug-likeness (QED) is 0.835. The lowest BCUT2D eigenvalue weighted by molar-refractivity contribution is -0.144. The average molecular weight is 270 g/mol. The maximum absolute atomic E-state index is 11.6. The number of likely N-dealkylation sites (N-methyl/N-ethyl adjacent to an activating group) is 1. The van der Waals surface area contributed by atoms with Gasteiger partial charge in [0, 0.05) is 35.6 Å². The molecular formula is C16H18N2O2. The first-order valence-corrected chi connectivity index (χ1v) is 7.17. The molecule has 2 N–H and O–H groups in total. The van der Waals surface area contributed by atoms with Crippen LogP contribution in [0.2, 0.25) is 0 Å². The van der Waals surface area contributed by atoms with Crippen molar-refractivity contribution >= 4 is 16.9 Å². The van der Waals surface area contributed by atoms with Gasteiger partial charge in [-0.25, -0.2) is 0 Å². The highest BCUT2D eigenvalue weighted by Crippen LogP contribution is 2.43. The standard InChI is InChI=1S/C16H18N2O2/c1-18-8-13(16(19)20)12-6-10(18)5-9-7-17-14-4-2-3-11(12)15(9)14/h2-4,7,10,12-13,17H,5-6,8H2,1H3,(H,19,20)/t10-,12-,13-/m0/s1. The molecule has 2 aromatic rings. The summed E-state index contributed by atoms with van der Waals surface area (Å²) in [5.74, 6) is -0.839. The zero-order valence-electron chi connectivity index (χ0n) is 11.5. The van der Waals surface area contributed by atoms with Crippen LogP contribution in [-0.2, 0) is 11.2 Å². The van der Waals surface area contributed by atoms with E-state index in [-0.39, 0.29) is 11.8 Å². The second-order valence-corrected chi connectivity index (χ2v) is 6.17. The molecule has 0 amide bonds. The van der Waals surface area contributed by atoms with Gasteiger partial charge in [-0.15, -0.1) is 0 Å². The van der Waals surface area contributed by atoms with Gasteiger partial charge < -0.3 is 15.0 Å². The number of carboxylic acid groups (broad SMARTS) is 1. The molecule has 0 radical (unpaired) electrons. The number of fused-ring (bicyclic) bond motifs is 3. The number of rotatable bonds is 1. The molecule has 2 aliphatic rings. The van der Waals surface area contributed by atoms with Crippen molar-refractivity contribution in [2.75, 3.05) is 13.6 Å². The number of aromatic nitrogens is 1. The normalized spacial score (nSPS) is 29.4. The lowest BCUT2D eigenvalue weighted by Gasteiger charge is -2.39. The summed E-state index contributed by atoms with van der Waals surface area (Å²) < 4.78 is 0. The molecule has 0 unspecified atom stereocenters. The monoisotopic (exact) mass is 270 g/mol. The lowest BCUT2D eigenvalue weighted by Crippen LogP contribution is -2.47. The smallest absolute Gasteiger partial charge is 0.308 e. The molecule has 1 aliphatic heterocycles. The summed E-state index contributed by atoms with van der Waals surface area (Å²) in [6.45, 7) is 0.648. The van der Waals surface area contributed by atoms with Crippen molar-refractivity contribution in [3.8, 4) is 0 Å². The van der Waals surface area contributed by atoms with Crippen LogP contribution in [0.15, 0.2) is 24.4 Å². The van der Waals surface area contributed by atoms with Gasteiger partial charge in [-0.1, -0.05) is 12.1 Å². The van der Waals surface area contributed by atoms with Gasteiger partial charge in [-0.3, -0.25) is 4.79 Å². The molecule has 0 spiro atoms. The number of nitrogens with one attached hydrogen (secondary N) is 1. The van der Waals surface area contributed by atoms with Crippen LogP contribution in [0, 0.1) is 5.92 Å². The molecule has 3 atom stereocenters. The number of piperidine rings is 1. The number of hydrogen-bond acceptors (Lipinski definition) is 2. The van der Waals surface area contributed by atoms with Crippen molar-refractivity contribution < 1.29 is 9.90 Å². The third-order valence-corrected chi connectivity index (χ3v) is 5.11. The minimum atomic E-state index is -0.670. The van der Waals surface area contributed by atoms with Crippen molar-refractivity contribution in [3.05, 3.63) is 35.5 Å². The predicted octanol–water partition coefficient (Wildman–Crippen LogP) is 2.21. The summed E-state index contributed by atoms with van der Waals surface area (Å²) in [5, 5.41) is 10.8. The van der Waals surface area contributed by atoms with Gasteiger partial charge in [-0.05, 0) is 37.1 Å². The van der Waals surface area contributed by atoms with Crippen molar-refractivity contribution in [3.63, 3.8) is 0 Å². The van der Waals surface area contributed by atoms with E-state index in [0.29, 0.717) is 12.6 Å². The third-order valence-electron chi connectivity index (χ3n) is 5.11. The largest absolute Gasteiger partial charge is 0.481 e. The summed E-state index contributed by atoms with van der Waals surface area (Å²) in [6, 6.07) is 6.68. The first kappa shape index (κ1) is 12.0. The van der Waals surface area contributed by atoms with Crippen molar-refractivity contribution in [2.45, 2.75) is 24.8 Å². The van der Waals surface area contributed by atoms with E-state index < -0.39 is 5.97 Å². The van der Waals surface area contributed by atoms with Gasteiger partial charge in [-0.2, -0.15) is 0 Å². The van der Waals surface area contributed by atoms with Crippen LogP contribution in [0.1, 0.15) is 23.5 Å². The molecule has 4 nitrogen and oxygen atoms in total. The van der Waals surface area contributed by atoms with Crippen LogP contribution in [0.4, 0.5) is 0 Å². The van der Waals surface area contributed by atoms with Crippen molar-refractivity contribution in [2.24, 2.45) is 5.92 Å². The number of hydrogen-bond donors (Lipinski definition) is 2. The zero-order valence-corrected chi connectivity index (χ0v) is 11.5. The van der Waals surface area contributed by atoms with E-state index >= 15 is 0 Å². The summed E-state index contributed by atoms with van der Waals surface area (Å²) in [5.41, 5.74) is 3.69. The zero-order chi connectivity index (χ0) is 13.9. The highest BCUT2D eigenvalue weighted by atomic mass is 16.4. The first-order valence-electron chi connectivity index (χ1n) is 7.17. The topological polar surface area (TPSA) is 56.3 Å². The summed E-state index contributed by atoms with van der Waals surface area (Å²) in [6.07, 6.45) is 4.05. The van der Waals surface area contributed by atoms with Crippen molar-refractivity contribution in [1.29, 1.82) is 0 Å². The Morgan fingerprint density at radius 2 is 2.30 bits per heavy atom. The predicted molar refractivity (Wildman–Crippen MR) is 76.9 cm³/mol. The Bertz CT molecular complexity index is 691. The first-order chi connectivity index (χ1) is 9.65. The fourth-order valence-electron chi connectivity index (χ4n) is 4.07. The van der Waals surface area contributed by atoms with E-state index in [2.05, 4.69) is 35.3 Å². The highest BCUT2D eigenvalue weighted by molar-refractivity contribution is 5.88. The Balaban J connectivity index is 1.95. The van der Waals surface area contributed by atoms with Crippen LogP contribution in [0.5, 0.6) is 0 Å². The van der Waals surface area contributed by atoms with E-state index in [1.807, 2.05) is 6.07 Å². The minimum Gasteiger partial charge on any atom is -0.481 e. The molecule has 4 rings (SSSR count). The van der Waals surface area contributed by atoms with E-state index in [1.165, 1.54) is 16.5 Å². The molecule has 1 aliphatic carbocycles. The van der Waals surface area contributed by atoms with Gasteiger partial charge in [0.2, 0.25) is 0 Å². The van der Waals surface area contributed by atoms with E-state index in [1.54, 1.807) is 0 Å². The second kappa shape index (κ2) is 4.09. The average Bonchev–Trinajstić information content (AvgIpc) is 2.77. The number of H-pyrrole nitrogens is 1. The van der Waals surface area contributed by atoms with E-state index in [0.717, 1.165) is 18.4 Å². The second-order valence-electron chi connectivity index (χ2n) is 6.17. The number of carboxylic acids is 1. The molecule has 0 saturated carbocycles. The highest BCUT2D eigenvalue weighted by Gasteiger charge is 2.41. The summed E-state index contributed by atoms with van der Waals surface area (Å²) >= 11 is 0. The van der Waals surface area contributed by atoms with E-state index in [9.17, 15) is 9.90 Å². The maximum atomic E-state index is 11.6. The molecule has 1 fully saturated rings. The molecule has 1 aromatic heterocycles. The SMILES string of the molecule is CN1C[C@H](C(=O)O)[C@H]2C[C@@H]1Cc1c[nH]c3cccc2c13. The number of nitrogens with zero attached hydrogens (tertiary/aromatic N) is 1. The Labute approximate surface area is 117 Å². The molecule has 1 aromatic carbocycles. The molecule has 20 heavy (non-hydrogen) atoms. The van der Waals surface area contributed by atoms with Gasteiger partial charge in [0.15, 0.2) is 0 Å². The molecule has 4 heteroatoms. The number of carbonyl (C=O) groups is 1. The van der Waals surface area contributed by atoms with Crippen LogP contribution in [0.25, 0.3) is 10.9 Å². The van der Waals surface area contributed by atoms with Crippen LogP contribution >= 0.6 is 0 Å². The van der Waals surface area contributed by atoms with Gasteiger partial charge in [0.1, 0.15) is 0 Å². The third kappa shape index (κ3) is 1.54. The lowest BCUT2D eigenvalue weighted by atomic mass is 9.78. The molecule has 2 heterocycles. The number of likely N-dealkylation sites (tertiary alicyclic amines) is 1. The summed E-state index contributed by atoms with van der Waals surface area (Å²) in [7, 11) is 2.05. The van der Waals surface area contributed by atoms with Crippen molar-refractivity contribution in [1.82, 2.24) is 9.88 Å². The molecule has 104 valence electrons. The Kier molecular flexibility index (Phi) is 2.45. The molecule has 1 saturated heterocycles. The Morgan fingerprint density at radius 1 is 1.45 bits per heavy atom. The van der Waals surface area contributed by atoms with Crippen LogP contribution in [-0.4, -0.2) is 40.6 Å². The van der Waals surface area contributed by atoms with E-state index in [4.69, 9.17) is 0 Å². The molecular weight excluding hydrogens is 252 g/mol. The Morgan fingerprint density at radius 3 is 3.10 bits per heavy atom. The molecule has 2 bridgehead atoms. The fraction of sp³-hybridized carbons (Fsp3) is 0.438. The van der Waals surface area contributed by atoms with Crippen LogP contribution in [0.3, 0.4) is 0 Å².